The average Bonchev–Trinajstić information content (AvgIpc) is 2.46. The summed E-state index contributed by atoms with van der Waals surface area (Å²) in [6.45, 7) is 7.35. The highest BCUT2D eigenvalue weighted by Crippen LogP contribution is 2.15. The maximum absolute atomic E-state index is 12.6. The molecule has 0 aliphatic heterocycles. The van der Waals surface area contributed by atoms with Gasteiger partial charge in [-0.1, -0.05) is 31.3 Å². The fourth-order valence-electron chi connectivity index (χ4n) is 2.06. The average molecular weight is 273 g/mol. The summed E-state index contributed by atoms with van der Waals surface area (Å²) in [6.07, 6.45) is 2.09. The molecule has 0 saturated carbocycles. The Kier molecular flexibility index (Phi) is 6.83. The number of hydrogen-bond acceptors (Lipinski definition) is 2. The molecular formula is C17H23NO2. The van der Waals surface area contributed by atoms with Crippen LogP contribution in [0.2, 0.25) is 0 Å². The summed E-state index contributed by atoms with van der Waals surface area (Å²) >= 11 is 0. The molecule has 0 aliphatic carbocycles. The summed E-state index contributed by atoms with van der Waals surface area (Å²) in [4.78, 5) is 14.4. The van der Waals surface area contributed by atoms with Crippen LogP contribution < -0.4 is 0 Å². The highest BCUT2D eigenvalue weighted by Gasteiger charge is 2.16. The molecular weight excluding hydrogens is 250 g/mol. The Morgan fingerprint density at radius 3 is 2.70 bits per heavy atom. The first-order valence-electron chi connectivity index (χ1n) is 7.14. The van der Waals surface area contributed by atoms with E-state index in [4.69, 9.17) is 5.11 Å². The van der Waals surface area contributed by atoms with E-state index in [1.165, 1.54) is 0 Å². The van der Waals surface area contributed by atoms with Crippen LogP contribution in [0.5, 0.6) is 0 Å². The summed E-state index contributed by atoms with van der Waals surface area (Å²) in [5.41, 5.74) is 2.39. The molecule has 0 bridgehead atoms. The van der Waals surface area contributed by atoms with Gasteiger partial charge in [-0.25, -0.2) is 0 Å². The Labute approximate surface area is 121 Å². The molecule has 0 aromatic heterocycles. The van der Waals surface area contributed by atoms with E-state index in [2.05, 4.69) is 18.8 Å². The van der Waals surface area contributed by atoms with Crippen LogP contribution in [-0.2, 0) is 0 Å². The summed E-state index contributed by atoms with van der Waals surface area (Å²) in [5.74, 6) is 5.58. The number of hydrogen-bond donors (Lipinski definition) is 1. The Balaban J connectivity index is 3.03. The lowest BCUT2D eigenvalue weighted by Crippen LogP contribution is -2.32. The van der Waals surface area contributed by atoms with Crippen LogP contribution in [0.25, 0.3) is 0 Å². The molecule has 0 heterocycles. The van der Waals surface area contributed by atoms with E-state index < -0.39 is 0 Å². The van der Waals surface area contributed by atoms with Crippen molar-refractivity contribution in [3.05, 3.63) is 34.9 Å². The van der Waals surface area contributed by atoms with Gasteiger partial charge in [-0.3, -0.25) is 4.79 Å². The van der Waals surface area contributed by atoms with Gasteiger partial charge in [0.05, 0.1) is 0 Å². The molecule has 0 radical (unpaired) electrons. The van der Waals surface area contributed by atoms with Gasteiger partial charge in [0.15, 0.2) is 0 Å². The second-order valence-corrected chi connectivity index (χ2v) is 4.68. The summed E-state index contributed by atoms with van der Waals surface area (Å²) in [6, 6.07) is 5.56. The highest BCUT2D eigenvalue weighted by atomic mass is 16.2. The third kappa shape index (κ3) is 4.11. The van der Waals surface area contributed by atoms with Crippen molar-refractivity contribution in [2.45, 2.75) is 33.6 Å². The molecule has 3 heteroatoms. The molecule has 1 N–H and O–H groups in total. The molecule has 0 atom stereocenters. The first-order valence-corrected chi connectivity index (χ1v) is 7.14. The van der Waals surface area contributed by atoms with Gasteiger partial charge < -0.3 is 10.0 Å². The Bertz CT molecular complexity index is 511. The monoisotopic (exact) mass is 273 g/mol. The second kappa shape index (κ2) is 8.39. The van der Waals surface area contributed by atoms with Crippen LogP contribution >= 0.6 is 0 Å². The molecule has 0 aliphatic rings. The zero-order chi connectivity index (χ0) is 15.0. The first kappa shape index (κ1) is 16.3. The number of unbranched alkanes of at least 4 members (excludes halogenated alkanes) is 1. The van der Waals surface area contributed by atoms with E-state index in [0.29, 0.717) is 12.1 Å². The molecule has 1 aromatic rings. The topological polar surface area (TPSA) is 40.5 Å². The number of rotatable bonds is 5. The van der Waals surface area contributed by atoms with Crippen molar-refractivity contribution >= 4 is 5.91 Å². The minimum Gasteiger partial charge on any atom is -0.384 e. The number of benzene rings is 1. The standard InChI is InChI=1S/C17H23NO2/c1-4-6-12-18(5-2)17(20)16-11-7-9-15(14(16)3)10-8-13-19/h7,9,11,19H,4-6,12-13H2,1-3H3. The van der Waals surface area contributed by atoms with Gasteiger partial charge in [0.1, 0.15) is 6.61 Å². The number of amides is 1. The van der Waals surface area contributed by atoms with Crippen LogP contribution in [0.1, 0.15) is 48.2 Å². The van der Waals surface area contributed by atoms with E-state index >= 15 is 0 Å². The molecule has 0 fully saturated rings. The summed E-state index contributed by atoms with van der Waals surface area (Å²) in [5, 5.41) is 8.77. The minimum atomic E-state index is -0.171. The molecule has 0 spiro atoms. The van der Waals surface area contributed by atoms with E-state index in [1.54, 1.807) is 0 Å². The third-order valence-corrected chi connectivity index (χ3v) is 3.32. The van der Waals surface area contributed by atoms with Gasteiger partial charge >= 0.3 is 0 Å². The zero-order valence-electron chi connectivity index (χ0n) is 12.6. The maximum atomic E-state index is 12.6. The number of nitrogens with zero attached hydrogens (tertiary/aromatic N) is 1. The lowest BCUT2D eigenvalue weighted by molar-refractivity contribution is 0.0761. The van der Waals surface area contributed by atoms with Gasteiger partial charge in [0.25, 0.3) is 5.91 Å². The summed E-state index contributed by atoms with van der Waals surface area (Å²) in [7, 11) is 0. The van der Waals surface area contributed by atoms with Gasteiger partial charge in [0.2, 0.25) is 0 Å². The Morgan fingerprint density at radius 2 is 2.10 bits per heavy atom. The van der Waals surface area contributed by atoms with Gasteiger partial charge in [-0.05, 0) is 38.0 Å². The SMILES string of the molecule is CCCCN(CC)C(=O)c1cccc(C#CCO)c1C. The quantitative estimate of drug-likeness (QED) is 0.838. The van der Waals surface area contributed by atoms with Gasteiger partial charge in [0, 0.05) is 24.2 Å². The lowest BCUT2D eigenvalue weighted by Gasteiger charge is -2.22. The van der Waals surface area contributed by atoms with E-state index in [1.807, 2.05) is 36.9 Å². The first-order chi connectivity index (χ1) is 9.65. The molecule has 1 aromatic carbocycles. The predicted molar refractivity (Wildman–Crippen MR) is 81.6 cm³/mol. The number of aliphatic hydroxyl groups excluding tert-OH is 1. The Hall–Kier alpha value is -1.79. The number of carbonyl (C=O) groups excluding carboxylic acids is 1. The van der Waals surface area contributed by atoms with E-state index in [9.17, 15) is 4.79 Å². The van der Waals surface area contributed by atoms with Crippen molar-refractivity contribution in [3.8, 4) is 11.8 Å². The van der Waals surface area contributed by atoms with Crippen molar-refractivity contribution in [2.75, 3.05) is 19.7 Å². The fraction of sp³-hybridized carbons (Fsp3) is 0.471. The molecule has 1 rings (SSSR count). The van der Waals surface area contributed by atoms with Crippen LogP contribution in [0.4, 0.5) is 0 Å². The van der Waals surface area contributed by atoms with Crippen LogP contribution in [0.15, 0.2) is 18.2 Å². The largest absolute Gasteiger partial charge is 0.384 e. The van der Waals surface area contributed by atoms with Crippen LogP contribution in [0, 0.1) is 18.8 Å². The number of aliphatic hydroxyl groups is 1. The van der Waals surface area contributed by atoms with Gasteiger partial charge in [-0.15, -0.1) is 0 Å². The zero-order valence-corrected chi connectivity index (χ0v) is 12.6. The molecule has 1 amide bonds. The fourth-order valence-corrected chi connectivity index (χ4v) is 2.06. The molecule has 20 heavy (non-hydrogen) atoms. The molecule has 0 unspecified atom stereocenters. The normalized spacial score (nSPS) is 9.80. The molecule has 108 valence electrons. The van der Waals surface area contributed by atoms with Crippen LogP contribution in [-0.4, -0.2) is 35.6 Å². The molecule has 3 nitrogen and oxygen atoms in total. The second-order valence-electron chi connectivity index (χ2n) is 4.68. The van der Waals surface area contributed by atoms with Crippen LogP contribution in [0.3, 0.4) is 0 Å². The minimum absolute atomic E-state index is 0.0612. The van der Waals surface area contributed by atoms with E-state index in [0.717, 1.165) is 30.5 Å². The maximum Gasteiger partial charge on any atom is 0.254 e. The van der Waals surface area contributed by atoms with Crippen molar-refractivity contribution in [3.63, 3.8) is 0 Å². The predicted octanol–water partition coefficient (Wildman–Crippen LogP) is 2.60. The van der Waals surface area contributed by atoms with Crippen molar-refractivity contribution in [2.24, 2.45) is 0 Å². The third-order valence-electron chi connectivity index (χ3n) is 3.32. The van der Waals surface area contributed by atoms with Crippen molar-refractivity contribution in [1.82, 2.24) is 4.90 Å². The highest BCUT2D eigenvalue weighted by molar-refractivity contribution is 5.96. The van der Waals surface area contributed by atoms with Crippen molar-refractivity contribution in [1.29, 1.82) is 0 Å². The van der Waals surface area contributed by atoms with E-state index in [-0.39, 0.29) is 12.5 Å². The number of carbonyl (C=O) groups is 1. The lowest BCUT2D eigenvalue weighted by atomic mass is 10.0. The summed E-state index contributed by atoms with van der Waals surface area (Å²) < 4.78 is 0. The van der Waals surface area contributed by atoms with Crippen molar-refractivity contribution < 1.29 is 9.90 Å². The Morgan fingerprint density at radius 1 is 1.35 bits per heavy atom. The smallest absolute Gasteiger partial charge is 0.254 e. The molecule has 0 saturated heterocycles. The van der Waals surface area contributed by atoms with Gasteiger partial charge in [-0.2, -0.15) is 0 Å².